The second-order valence-corrected chi connectivity index (χ2v) is 7.87. The molecule has 2 aliphatic rings. The summed E-state index contributed by atoms with van der Waals surface area (Å²) in [5, 5.41) is 2.25. The van der Waals surface area contributed by atoms with Gasteiger partial charge in [0.15, 0.2) is 6.10 Å². The molecule has 0 N–H and O–H groups in total. The maximum Gasteiger partial charge on any atom is 0.265 e. The summed E-state index contributed by atoms with van der Waals surface area (Å²) >= 11 is 0. The molecule has 31 heavy (non-hydrogen) atoms. The summed E-state index contributed by atoms with van der Waals surface area (Å²) in [6, 6.07) is 21.6. The van der Waals surface area contributed by atoms with E-state index in [4.69, 9.17) is 9.47 Å². The van der Waals surface area contributed by atoms with Crippen LogP contribution in [0.25, 0.3) is 10.8 Å². The van der Waals surface area contributed by atoms with Gasteiger partial charge in [-0.05, 0) is 28.5 Å². The number of hydrogen-bond acceptors (Lipinski definition) is 4. The van der Waals surface area contributed by atoms with Gasteiger partial charge in [0.05, 0.1) is 31.9 Å². The number of nitrogens with zero attached hydrogens (tertiary/aromatic N) is 2. The van der Waals surface area contributed by atoms with Gasteiger partial charge in [-0.2, -0.15) is 0 Å². The lowest BCUT2D eigenvalue weighted by Crippen LogP contribution is -2.54. The first-order valence-electron chi connectivity index (χ1n) is 10.6. The zero-order chi connectivity index (χ0) is 21.2. The Kier molecular flexibility index (Phi) is 5.30. The normalized spacial score (nSPS) is 18.4. The summed E-state index contributed by atoms with van der Waals surface area (Å²) in [5.74, 6) is 0.416. The van der Waals surface area contributed by atoms with Crippen LogP contribution in [0.3, 0.4) is 0 Å². The maximum atomic E-state index is 13.3. The molecule has 5 rings (SSSR count). The number of para-hydroxylation sites is 2. The van der Waals surface area contributed by atoms with Crippen molar-refractivity contribution in [3.8, 4) is 5.75 Å². The van der Waals surface area contributed by atoms with E-state index in [-0.39, 0.29) is 24.8 Å². The second-order valence-electron chi connectivity index (χ2n) is 7.87. The highest BCUT2D eigenvalue weighted by Crippen LogP contribution is 2.34. The Hall–Kier alpha value is -3.38. The number of rotatable bonds is 3. The highest BCUT2D eigenvalue weighted by molar-refractivity contribution is 5.98. The Balaban J connectivity index is 1.39. The molecule has 1 atom stereocenters. The van der Waals surface area contributed by atoms with E-state index < -0.39 is 6.10 Å². The van der Waals surface area contributed by atoms with E-state index in [1.54, 1.807) is 9.80 Å². The molecule has 1 saturated heterocycles. The maximum absolute atomic E-state index is 13.3. The van der Waals surface area contributed by atoms with Crippen molar-refractivity contribution in [2.45, 2.75) is 12.5 Å². The molecule has 0 aromatic heterocycles. The topological polar surface area (TPSA) is 59.1 Å². The van der Waals surface area contributed by atoms with E-state index in [2.05, 4.69) is 12.1 Å². The minimum Gasteiger partial charge on any atom is -0.476 e. The molecule has 6 nitrogen and oxygen atoms in total. The SMILES string of the molecule is O=C(C1CN(C(=O)Cc2ccc3ccccc3c2)c2ccccc2O1)N1CCOCC1. The van der Waals surface area contributed by atoms with Crippen molar-refractivity contribution in [2.24, 2.45) is 0 Å². The van der Waals surface area contributed by atoms with Gasteiger partial charge in [-0.1, -0.05) is 54.6 Å². The number of fused-ring (bicyclic) bond motifs is 2. The molecule has 1 fully saturated rings. The van der Waals surface area contributed by atoms with Crippen LogP contribution in [0.5, 0.6) is 5.75 Å². The van der Waals surface area contributed by atoms with Crippen LogP contribution in [0, 0.1) is 0 Å². The molecule has 2 heterocycles. The monoisotopic (exact) mass is 416 g/mol. The van der Waals surface area contributed by atoms with Gasteiger partial charge in [0.1, 0.15) is 5.75 Å². The van der Waals surface area contributed by atoms with Crippen molar-refractivity contribution in [1.82, 2.24) is 4.90 Å². The third kappa shape index (κ3) is 3.99. The van der Waals surface area contributed by atoms with E-state index in [1.165, 1.54) is 0 Å². The number of ether oxygens (including phenoxy) is 2. The highest BCUT2D eigenvalue weighted by atomic mass is 16.5. The second kappa shape index (κ2) is 8.40. The van der Waals surface area contributed by atoms with E-state index in [9.17, 15) is 9.59 Å². The zero-order valence-electron chi connectivity index (χ0n) is 17.2. The first kappa shape index (κ1) is 19.6. The summed E-state index contributed by atoms with van der Waals surface area (Å²) in [6.07, 6.45) is -0.453. The Bertz CT molecular complexity index is 1120. The number of amides is 2. The average molecular weight is 416 g/mol. The lowest BCUT2D eigenvalue weighted by atomic mass is 10.0. The van der Waals surface area contributed by atoms with E-state index >= 15 is 0 Å². The van der Waals surface area contributed by atoms with Gasteiger partial charge in [0.2, 0.25) is 5.91 Å². The number of hydrogen-bond donors (Lipinski definition) is 0. The Morgan fingerprint density at radius 3 is 2.48 bits per heavy atom. The van der Waals surface area contributed by atoms with Crippen LogP contribution in [0.1, 0.15) is 5.56 Å². The van der Waals surface area contributed by atoms with Crippen LogP contribution in [-0.4, -0.2) is 55.7 Å². The molecule has 158 valence electrons. The Morgan fingerprint density at radius 1 is 0.903 bits per heavy atom. The van der Waals surface area contributed by atoms with Crippen molar-refractivity contribution in [3.63, 3.8) is 0 Å². The standard InChI is InChI=1S/C25H24N2O4/c28-24(16-18-9-10-19-5-1-2-6-20(19)15-18)27-17-23(25(29)26-11-13-30-14-12-26)31-22-8-4-3-7-21(22)27/h1-10,15,23H,11-14,16-17H2. The Morgan fingerprint density at radius 2 is 1.65 bits per heavy atom. The fourth-order valence-electron chi connectivity index (χ4n) is 4.21. The van der Waals surface area contributed by atoms with Crippen molar-refractivity contribution in [1.29, 1.82) is 0 Å². The number of morpholine rings is 1. The summed E-state index contributed by atoms with van der Waals surface area (Å²) < 4.78 is 11.4. The quantitative estimate of drug-likeness (QED) is 0.659. The van der Waals surface area contributed by atoms with Crippen LogP contribution < -0.4 is 9.64 Å². The molecule has 2 amide bonds. The zero-order valence-corrected chi connectivity index (χ0v) is 17.2. The van der Waals surface area contributed by atoms with Gasteiger partial charge in [-0.3, -0.25) is 9.59 Å². The van der Waals surface area contributed by atoms with Crippen molar-refractivity contribution >= 4 is 28.3 Å². The smallest absolute Gasteiger partial charge is 0.265 e. The van der Waals surface area contributed by atoms with Crippen molar-refractivity contribution < 1.29 is 19.1 Å². The van der Waals surface area contributed by atoms with Crippen molar-refractivity contribution in [3.05, 3.63) is 72.3 Å². The molecule has 0 saturated carbocycles. The molecular weight excluding hydrogens is 392 g/mol. The fourth-order valence-corrected chi connectivity index (χ4v) is 4.21. The van der Waals surface area contributed by atoms with Gasteiger partial charge in [0, 0.05) is 13.1 Å². The molecule has 0 bridgehead atoms. The third-order valence-corrected chi connectivity index (χ3v) is 5.84. The lowest BCUT2D eigenvalue weighted by molar-refractivity contribution is -0.142. The Labute approximate surface area is 181 Å². The molecule has 3 aromatic carbocycles. The minimum atomic E-state index is -0.714. The van der Waals surface area contributed by atoms with Gasteiger partial charge in [0.25, 0.3) is 5.91 Å². The molecular formula is C25H24N2O4. The predicted octanol–water partition coefficient (Wildman–Crippen LogP) is 3.04. The van der Waals surface area contributed by atoms with E-state index in [1.807, 2.05) is 54.6 Å². The predicted molar refractivity (Wildman–Crippen MR) is 118 cm³/mol. The van der Waals surface area contributed by atoms with E-state index in [0.29, 0.717) is 37.7 Å². The van der Waals surface area contributed by atoms with Crippen molar-refractivity contribution in [2.75, 3.05) is 37.7 Å². The fraction of sp³-hybridized carbons (Fsp3) is 0.280. The summed E-state index contributed by atoms with van der Waals surface area (Å²) in [4.78, 5) is 29.8. The molecule has 0 spiro atoms. The van der Waals surface area contributed by atoms with E-state index in [0.717, 1.165) is 16.3 Å². The number of benzene rings is 3. The van der Waals surface area contributed by atoms with Gasteiger partial charge in [-0.25, -0.2) is 0 Å². The molecule has 0 aliphatic carbocycles. The first-order chi connectivity index (χ1) is 15.2. The number of carbonyl (C=O) groups is 2. The van der Waals surface area contributed by atoms with Gasteiger partial charge in [-0.15, -0.1) is 0 Å². The molecule has 0 radical (unpaired) electrons. The molecule has 1 unspecified atom stereocenters. The average Bonchev–Trinajstić information content (AvgIpc) is 2.83. The third-order valence-electron chi connectivity index (χ3n) is 5.84. The van der Waals surface area contributed by atoms with Crippen LogP contribution in [0.15, 0.2) is 66.7 Å². The molecule has 2 aliphatic heterocycles. The highest BCUT2D eigenvalue weighted by Gasteiger charge is 2.36. The summed E-state index contributed by atoms with van der Waals surface area (Å²) in [5.41, 5.74) is 1.66. The largest absolute Gasteiger partial charge is 0.476 e. The summed E-state index contributed by atoms with van der Waals surface area (Å²) in [7, 11) is 0. The van der Waals surface area contributed by atoms with Crippen LogP contribution >= 0.6 is 0 Å². The van der Waals surface area contributed by atoms with Crippen LogP contribution in [0.4, 0.5) is 5.69 Å². The lowest BCUT2D eigenvalue weighted by Gasteiger charge is -2.37. The van der Waals surface area contributed by atoms with Crippen LogP contribution in [-0.2, 0) is 20.7 Å². The van der Waals surface area contributed by atoms with Gasteiger partial charge >= 0.3 is 0 Å². The number of anilines is 1. The minimum absolute atomic E-state index is 0.0502. The number of carbonyl (C=O) groups excluding carboxylic acids is 2. The van der Waals surface area contributed by atoms with Gasteiger partial charge < -0.3 is 19.3 Å². The van der Waals surface area contributed by atoms with Crippen LogP contribution in [0.2, 0.25) is 0 Å². The molecule has 3 aromatic rings. The molecule has 6 heteroatoms. The first-order valence-corrected chi connectivity index (χ1v) is 10.6. The summed E-state index contributed by atoms with van der Waals surface area (Å²) in [6.45, 7) is 2.36.